The predicted octanol–water partition coefficient (Wildman–Crippen LogP) is 3.04. The summed E-state index contributed by atoms with van der Waals surface area (Å²) < 4.78 is 39.5. The van der Waals surface area contributed by atoms with Crippen molar-refractivity contribution in [2.75, 3.05) is 13.1 Å². The van der Waals surface area contributed by atoms with Crippen LogP contribution in [-0.4, -0.2) is 25.8 Å². The van der Waals surface area contributed by atoms with Crippen LogP contribution in [0.3, 0.4) is 0 Å². The van der Waals surface area contributed by atoms with Crippen LogP contribution in [0.25, 0.3) is 0 Å². The molecule has 0 amide bonds. The van der Waals surface area contributed by atoms with Crippen molar-refractivity contribution >= 4 is 21.6 Å². The van der Waals surface area contributed by atoms with Crippen molar-refractivity contribution in [1.29, 1.82) is 5.26 Å². The molecule has 0 spiro atoms. The van der Waals surface area contributed by atoms with Crippen molar-refractivity contribution in [3.8, 4) is 6.07 Å². The fraction of sp³-hybridized carbons (Fsp3) is 0.462. The topological polar surface area (TPSA) is 61.2 Å². The summed E-state index contributed by atoms with van der Waals surface area (Å²) in [7, 11) is -3.91. The molecule has 0 N–H and O–H groups in total. The van der Waals surface area contributed by atoms with E-state index in [0.29, 0.717) is 0 Å². The quantitative estimate of drug-likeness (QED) is 0.810. The van der Waals surface area contributed by atoms with Crippen LogP contribution >= 0.6 is 11.6 Å². The molecule has 0 saturated carbocycles. The van der Waals surface area contributed by atoms with E-state index in [1.165, 1.54) is 10.4 Å². The Bertz CT molecular complexity index is 611. The molecule has 0 radical (unpaired) electrons. The van der Waals surface area contributed by atoms with Gasteiger partial charge in [0, 0.05) is 19.5 Å². The van der Waals surface area contributed by atoms with Crippen LogP contribution in [0.1, 0.15) is 20.3 Å². The second-order valence-electron chi connectivity index (χ2n) is 4.74. The van der Waals surface area contributed by atoms with Crippen LogP contribution in [-0.2, 0) is 10.0 Å². The van der Waals surface area contributed by atoms with E-state index in [4.69, 9.17) is 16.9 Å². The second-order valence-corrected chi connectivity index (χ2v) is 7.05. The third-order valence-corrected chi connectivity index (χ3v) is 4.90. The van der Waals surface area contributed by atoms with Gasteiger partial charge in [-0.3, -0.25) is 0 Å². The molecule has 0 aliphatic carbocycles. The minimum absolute atomic E-state index is 0.0305. The van der Waals surface area contributed by atoms with Gasteiger partial charge in [0.15, 0.2) is 0 Å². The Balaban J connectivity index is 3.21. The standard InChI is InChI=1S/C13H16ClFN2O2S/c1-10(2)9-17(7-3-6-16)20(18,19)13-8-11(15)4-5-12(13)14/h4-5,8,10H,3,7,9H2,1-2H3. The number of nitriles is 1. The molecular weight excluding hydrogens is 303 g/mol. The Labute approximate surface area is 123 Å². The van der Waals surface area contributed by atoms with Crippen LogP contribution in [0.4, 0.5) is 4.39 Å². The van der Waals surface area contributed by atoms with Gasteiger partial charge in [0.2, 0.25) is 10.0 Å². The van der Waals surface area contributed by atoms with Gasteiger partial charge >= 0.3 is 0 Å². The average Bonchev–Trinajstić information content (AvgIpc) is 2.36. The molecule has 1 aromatic rings. The highest BCUT2D eigenvalue weighted by atomic mass is 35.5. The predicted molar refractivity (Wildman–Crippen MR) is 75.2 cm³/mol. The van der Waals surface area contributed by atoms with Crippen molar-refractivity contribution in [3.63, 3.8) is 0 Å². The zero-order valence-corrected chi connectivity index (χ0v) is 12.9. The van der Waals surface area contributed by atoms with E-state index in [1.54, 1.807) is 0 Å². The van der Waals surface area contributed by atoms with Crippen LogP contribution in [0, 0.1) is 23.1 Å². The van der Waals surface area contributed by atoms with E-state index < -0.39 is 15.8 Å². The summed E-state index contributed by atoms with van der Waals surface area (Å²) in [4.78, 5) is -0.266. The molecule has 0 bridgehead atoms. The van der Waals surface area contributed by atoms with Gasteiger partial charge in [-0.15, -0.1) is 0 Å². The van der Waals surface area contributed by atoms with E-state index in [1.807, 2.05) is 19.9 Å². The third kappa shape index (κ3) is 4.17. The number of nitrogens with zero attached hydrogens (tertiary/aromatic N) is 2. The zero-order valence-electron chi connectivity index (χ0n) is 11.3. The molecule has 0 unspecified atom stereocenters. The van der Waals surface area contributed by atoms with Gasteiger partial charge in [-0.25, -0.2) is 12.8 Å². The maximum absolute atomic E-state index is 13.3. The average molecular weight is 319 g/mol. The molecule has 110 valence electrons. The first-order valence-corrected chi connectivity index (χ1v) is 7.93. The van der Waals surface area contributed by atoms with Gasteiger partial charge in [-0.2, -0.15) is 9.57 Å². The van der Waals surface area contributed by atoms with E-state index in [0.717, 1.165) is 12.1 Å². The van der Waals surface area contributed by atoms with Crippen LogP contribution < -0.4 is 0 Å². The largest absolute Gasteiger partial charge is 0.244 e. The van der Waals surface area contributed by atoms with E-state index in [9.17, 15) is 12.8 Å². The Kier molecular flexibility index (Phi) is 5.93. The van der Waals surface area contributed by atoms with Crippen molar-refractivity contribution in [2.24, 2.45) is 5.92 Å². The lowest BCUT2D eigenvalue weighted by atomic mass is 10.2. The maximum Gasteiger partial charge on any atom is 0.244 e. The summed E-state index contributed by atoms with van der Waals surface area (Å²) in [6, 6.07) is 5.12. The fourth-order valence-corrected chi connectivity index (χ4v) is 3.80. The monoisotopic (exact) mass is 318 g/mol. The van der Waals surface area contributed by atoms with Crippen molar-refractivity contribution in [1.82, 2.24) is 4.31 Å². The molecule has 0 aliphatic heterocycles. The number of hydrogen-bond donors (Lipinski definition) is 0. The summed E-state index contributed by atoms with van der Waals surface area (Å²) in [5, 5.41) is 8.60. The molecule has 7 heteroatoms. The summed E-state index contributed by atoms with van der Waals surface area (Å²) in [6.45, 7) is 4.03. The SMILES string of the molecule is CC(C)CN(CCC#N)S(=O)(=O)c1cc(F)ccc1Cl. The molecule has 0 saturated heterocycles. The summed E-state index contributed by atoms with van der Waals surface area (Å²) in [5.41, 5.74) is 0. The van der Waals surface area contributed by atoms with Gasteiger partial charge in [-0.05, 0) is 24.1 Å². The van der Waals surface area contributed by atoms with Gasteiger partial charge in [0.05, 0.1) is 11.1 Å². The van der Waals surface area contributed by atoms with Gasteiger partial charge in [0.1, 0.15) is 10.7 Å². The highest BCUT2D eigenvalue weighted by Crippen LogP contribution is 2.26. The van der Waals surface area contributed by atoms with E-state index >= 15 is 0 Å². The Morgan fingerprint density at radius 3 is 2.65 bits per heavy atom. The van der Waals surface area contributed by atoms with E-state index in [-0.39, 0.29) is 35.3 Å². The van der Waals surface area contributed by atoms with Crippen molar-refractivity contribution in [2.45, 2.75) is 25.2 Å². The number of halogens is 2. The molecule has 0 atom stereocenters. The molecule has 0 aliphatic rings. The highest BCUT2D eigenvalue weighted by molar-refractivity contribution is 7.89. The zero-order chi connectivity index (χ0) is 15.3. The number of rotatable bonds is 6. The maximum atomic E-state index is 13.3. The van der Waals surface area contributed by atoms with Gasteiger partial charge in [-0.1, -0.05) is 25.4 Å². The van der Waals surface area contributed by atoms with Crippen LogP contribution in [0.15, 0.2) is 23.1 Å². The van der Waals surface area contributed by atoms with Crippen LogP contribution in [0.2, 0.25) is 5.02 Å². The van der Waals surface area contributed by atoms with Crippen molar-refractivity contribution < 1.29 is 12.8 Å². The molecule has 0 heterocycles. The Hall–Kier alpha value is -1.16. The minimum atomic E-state index is -3.91. The molecule has 20 heavy (non-hydrogen) atoms. The first-order valence-electron chi connectivity index (χ1n) is 6.11. The Morgan fingerprint density at radius 1 is 1.45 bits per heavy atom. The van der Waals surface area contributed by atoms with E-state index in [2.05, 4.69) is 0 Å². The number of sulfonamides is 1. The van der Waals surface area contributed by atoms with Gasteiger partial charge in [0.25, 0.3) is 0 Å². The molecule has 1 aromatic carbocycles. The Morgan fingerprint density at radius 2 is 2.10 bits per heavy atom. The summed E-state index contributed by atoms with van der Waals surface area (Å²) in [5.74, 6) is -0.589. The first kappa shape index (κ1) is 16.9. The molecular formula is C13H16ClFN2O2S. The first-order chi connectivity index (χ1) is 9.28. The third-order valence-electron chi connectivity index (χ3n) is 2.55. The summed E-state index contributed by atoms with van der Waals surface area (Å²) >= 11 is 5.86. The van der Waals surface area contributed by atoms with Crippen molar-refractivity contribution in [3.05, 3.63) is 29.0 Å². The number of benzene rings is 1. The molecule has 4 nitrogen and oxygen atoms in total. The summed E-state index contributed by atoms with van der Waals surface area (Å²) in [6.07, 6.45) is 0.0683. The lowest BCUT2D eigenvalue weighted by Gasteiger charge is -2.23. The lowest BCUT2D eigenvalue weighted by molar-refractivity contribution is 0.372. The highest BCUT2D eigenvalue weighted by Gasteiger charge is 2.27. The molecule has 0 fully saturated rings. The van der Waals surface area contributed by atoms with Gasteiger partial charge < -0.3 is 0 Å². The van der Waals surface area contributed by atoms with Crippen LogP contribution in [0.5, 0.6) is 0 Å². The fourth-order valence-electron chi connectivity index (χ4n) is 1.71. The second kappa shape index (κ2) is 7.02. The molecule has 1 rings (SSSR count). The molecule has 0 aromatic heterocycles. The normalized spacial score (nSPS) is 11.8. The number of hydrogen-bond acceptors (Lipinski definition) is 3. The lowest BCUT2D eigenvalue weighted by Crippen LogP contribution is -2.35. The minimum Gasteiger partial charge on any atom is -0.207 e. The smallest absolute Gasteiger partial charge is 0.207 e.